The van der Waals surface area contributed by atoms with E-state index < -0.39 is 0 Å². The van der Waals surface area contributed by atoms with Gasteiger partial charge in [0.15, 0.2) is 0 Å². The van der Waals surface area contributed by atoms with Gasteiger partial charge >= 0.3 is 6.03 Å². The molecule has 20 heavy (non-hydrogen) atoms. The molecular weight excluding hydrogens is 276 g/mol. The Kier molecular flexibility index (Phi) is 3.58. The van der Waals surface area contributed by atoms with Crippen LogP contribution in [0.25, 0.3) is 4.96 Å². The molecule has 8 heteroatoms. The topological polar surface area (TPSA) is 88.5 Å². The molecule has 0 aliphatic carbocycles. The molecule has 2 amide bonds. The monoisotopic (exact) mass is 294 g/mol. The van der Waals surface area contributed by atoms with E-state index >= 15 is 0 Å². The first-order valence-electron chi connectivity index (χ1n) is 6.73. The fraction of sp³-hybridized carbons (Fsp3) is 0.583. The summed E-state index contributed by atoms with van der Waals surface area (Å²) in [6.07, 6.45) is 3.58. The van der Waals surface area contributed by atoms with Crippen molar-refractivity contribution >= 4 is 22.3 Å². The Balaban J connectivity index is 1.62. The molecule has 1 aliphatic heterocycles. The van der Waals surface area contributed by atoms with Crippen LogP contribution in [-0.2, 0) is 0 Å². The van der Waals surface area contributed by atoms with E-state index in [0.29, 0.717) is 0 Å². The minimum atomic E-state index is -0.132. The van der Waals surface area contributed by atoms with Crippen LogP contribution in [0.4, 0.5) is 4.79 Å². The summed E-state index contributed by atoms with van der Waals surface area (Å²) in [6.45, 7) is 3.37. The molecule has 0 bridgehead atoms. The molecule has 3 rings (SSSR count). The number of rotatable bonds is 2. The summed E-state index contributed by atoms with van der Waals surface area (Å²) in [7, 11) is 0. The second kappa shape index (κ2) is 5.37. The van der Waals surface area contributed by atoms with Gasteiger partial charge in [0.2, 0.25) is 4.96 Å². The van der Waals surface area contributed by atoms with Crippen LogP contribution in [0, 0.1) is 0 Å². The van der Waals surface area contributed by atoms with Crippen LogP contribution in [0.5, 0.6) is 0 Å². The van der Waals surface area contributed by atoms with E-state index in [4.69, 9.17) is 5.73 Å². The lowest BCUT2D eigenvalue weighted by molar-refractivity contribution is 0.178. The first-order valence-corrected chi connectivity index (χ1v) is 7.61. The van der Waals surface area contributed by atoms with Crippen molar-refractivity contribution in [1.82, 2.24) is 24.8 Å². The molecule has 0 unspecified atom stereocenters. The number of imidazole rings is 1. The normalized spacial score (nSPS) is 18.4. The molecule has 7 nitrogen and oxygen atoms in total. The van der Waals surface area contributed by atoms with Gasteiger partial charge in [-0.05, 0) is 19.8 Å². The van der Waals surface area contributed by atoms with Crippen molar-refractivity contribution in [2.45, 2.75) is 31.8 Å². The number of fused-ring (bicyclic) bond motifs is 1. The average Bonchev–Trinajstić information content (AvgIpc) is 2.99. The molecule has 2 aromatic heterocycles. The van der Waals surface area contributed by atoms with Gasteiger partial charge in [0.05, 0.1) is 17.9 Å². The summed E-state index contributed by atoms with van der Waals surface area (Å²) >= 11 is 1.48. The highest BCUT2D eigenvalue weighted by atomic mass is 32.1. The molecule has 1 atom stereocenters. The fourth-order valence-electron chi connectivity index (χ4n) is 2.32. The molecule has 108 valence electrons. The highest BCUT2D eigenvalue weighted by molar-refractivity contribution is 7.14. The van der Waals surface area contributed by atoms with Crippen molar-refractivity contribution in [3.8, 4) is 0 Å². The van der Waals surface area contributed by atoms with Gasteiger partial charge in [-0.3, -0.25) is 0 Å². The van der Waals surface area contributed by atoms with Crippen LogP contribution in [0.1, 0.15) is 31.5 Å². The highest BCUT2D eigenvalue weighted by Gasteiger charge is 2.22. The number of carbonyl (C=O) groups excluding carboxylic acids is 1. The Morgan fingerprint density at radius 1 is 1.55 bits per heavy atom. The van der Waals surface area contributed by atoms with Crippen molar-refractivity contribution < 1.29 is 4.79 Å². The predicted octanol–water partition coefficient (Wildman–Crippen LogP) is 0.985. The van der Waals surface area contributed by atoms with E-state index in [1.54, 1.807) is 10.0 Å². The first-order chi connectivity index (χ1) is 9.63. The van der Waals surface area contributed by atoms with E-state index in [-0.39, 0.29) is 18.1 Å². The molecule has 0 saturated carbocycles. The second-order valence-corrected chi connectivity index (χ2v) is 5.94. The molecule has 0 spiro atoms. The van der Waals surface area contributed by atoms with Crippen LogP contribution in [0.3, 0.4) is 0 Å². The first kappa shape index (κ1) is 13.3. The maximum absolute atomic E-state index is 12.2. The zero-order valence-electron chi connectivity index (χ0n) is 11.3. The second-order valence-electron chi connectivity index (χ2n) is 5.13. The third-order valence-electron chi connectivity index (χ3n) is 3.62. The van der Waals surface area contributed by atoms with Crippen LogP contribution in [-0.4, -0.2) is 44.7 Å². The molecule has 1 fully saturated rings. The standard InChI is InChI=1S/C12H18N6OS/c1-8(10-6-18-12(16-10)20-7-14-18)15-11(19)17-4-2-9(13)3-5-17/h6-9H,2-5,13H2,1H3,(H,15,19)/t8-/m0/s1. The number of amides is 2. The number of nitrogens with zero attached hydrogens (tertiary/aromatic N) is 4. The SMILES string of the molecule is C[C@H](NC(=O)N1CCC(N)CC1)c1cn2ncsc2n1. The van der Waals surface area contributed by atoms with Gasteiger partial charge in [-0.2, -0.15) is 5.10 Å². The number of urea groups is 1. The van der Waals surface area contributed by atoms with Crippen molar-refractivity contribution in [3.05, 3.63) is 17.4 Å². The average molecular weight is 294 g/mol. The minimum Gasteiger partial charge on any atom is -0.330 e. The summed E-state index contributed by atoms with van der Waals surface area (Å²) < 4.78 is 1.72. The number of piperidine rings is 1. The van der Waals surface area contributed by atoms with Crippen molar-refractivity contribution in [1.29, 1.82) is 0 Å². The number of hydrogen-bond acceptors (Lipinski definition) is 5. The smallest absolute Gasteiger partial charge is 0.317 e. The summed E-state index contributed by atoms with van der Waals surface area (Å²) in [6, 6.07) is 0.0446. The van der Waals surface area contributed by atoms with Gasteiger partial charge in [-0.25, -0.2) is 14.3 Å². The van der Waals surface area contributed by atoms with Crippen molar-refractivity contribution in [3.63, 3.8) is 0 Å². The molecule has 2 aromatic rings. The molecular formula is C12H18N6OS. The van der Waals surface area contributed by atoms with Crippen LogP contribution >= 0.6 is 11.3 Å². The van der Waals surface area contributed by atoms with E-state index in [1.165, 1.54) is 11.3 Å². The number of hydrogen-bond donors (Lipinski definition) is 2. The molecule has 0 radical (unpaired) electrons. The Bertz CT molecular complexity index is 571. The lowest BCUT2D eigenvalue weighted by Crippen LogP contribution is -2.47. The zero-order valence-corrected chi connectivity index (χ0v) is 12.1. The van der Waals surface area contributed by atoms with Gasteiger partial charge in [-0.1, -0.05) is 11.3 Å². The maximum atomic E-state index is 12.2. The summed E-state index contributed by atoms with van der Waals surface area (Å²) in [5.41, 5.74) is 8.41. The number of carbonyl (C=O) groups is 1. The molecule has 1 aliphatic rings. The lowest BCUT2D eigenvalue weighted by atomic mass is 10.1. The van der Waals surface area contributed by atoms with Gasteiger partial charge in [0.1, 0.15) is 5.51 Å². The van der Waals surface area contributed by atoms with E-state index in [0.717, 1.165) is 36.6 Å². The van der Waals surface area contributed by atoms with Crippen LogP contribution in [0.15, 0.2) is 11.7 Å². The third kappa shape index (κ3) is 2.61. The van der Waals surface area contributed by atoms with Crippen molar-refractivity contribution in [2.75, 3.05) is 13.1 Å². The van der Waals surface area contributed by atoms with Gasteiger partial charge in [0.25, 0.3) is 0 Å². The molecule has 0 aromatic carbocycles. The summed E-state index contributed by atoms with van der Waals surface area (Å²) in [4.78, 5) is 19.3. The largest absolute Gasteiger partial charge is 0.330 e. The molecule has 3 N–H and O–H groups in total. The quantitative estimate of drug-likeness (QED) is 0.864. The van der Waals surface area contributed by atoms with Gasteiger partial charge in [-0.15, -0.1) is 0 Å². The van der Waals surface area contributed by atoms with E-state index in [1.807, 2.05) is 18.0 Å². The van der Waals surface area contributed by atoms with E-state index in [2.05, 4.69) is 15.4 Å². The maximum Gasteiger partial charge on any atom is 0.317 e. The number of likely N-dealkylation sites (tertiary alicyclic amines) is 1. The van der Waals surface area contributed by atoms with Gasteiger partial charge < -0.3 is 16.0 Å². The van der Waals surface area contributed by atoms with Crippen molar-refractivity contribution in [2.24, 2.45) is 5.73 Å². The summed E-state index contributed by atoms with van der Waals surface area (Å²) in [5, 5.41) is 7.11. The fourth-order valence-corrected chi connectivity index (χ4v) is 2.93. The van der Waals surface area contributed by atoms with Crippen LogP contribution < -0.4 is 11.1 Å². The Labute approximate surface area is 120 Å². The lowest BCUT2D eigenvalue weighted by Gasteiger charge is -2.31. The van der Waals surface area contributed by atoms with E-state index in [9.17, 15) is 4.79 Å². The number of nitrogens with one attached hydrogen (secondary N) is 1. The highest BCUT2D eigenvalue weighted by Crippen LogP contribution is 2.16. The summed E-state index contributed by atoms with van der Waals surface area (Å²) in [5.74, 6) is 0. The Hall–Kier alpha value is -1.67. The Morgan fingerprint density at radius 3 is 3.00 bits per heavy atom. The molecule has 1 saturated heterocycles. The third-order valence-corrected chi connectivity index (χ3v) is 4.30. The zero-order chi connectivity index (χ0) is 14.1. The number of aromatic nitrogens is 3. The predicted molar refractivity (Wildman–Crippen MR) is 76.6 cm³/mol. The van der Waals surface area contributed by atoms with Crippen LogP contribution in [0.2, 0.25) is 0 Å². The molecule has 3 heterocycles. The Morgan fingerprint density at radius 2 is 2.30 bits per heavy atom. The number of nitrogens with two attached hydrogens (primary N) is 1. The minimum absolute atomic E-state index is 0.0475. The van der Waals surface area contributed by atoms with Gasteiger partial charge in [0, 0.05) is 19.1 Å².